The summed E-state index contributed by atoms with van der Waals surface area (Å²) in [7, 11) is 1.49. The average molecular weight is 158 g/mol. The molecule has 0 aliphatic carbocycles. The summed E-state index contributed by atoms with van der Waals surface area (Å²) in [4.78, 5) is 23.1. The maximum Gasteiger partial charge on any atom is 0.244 e. The summed E-state index contributed by atoms with van der Waals surface area (Å²) in [5.74, 6) is -0.242. The number of nitrogens with one attached hydrogen (secondary N) is 1. The van der Waals surface area contributed by atoms with Crippen LogP contribution in [0.25, 0.3) is 0 Å². The maximum atomic E-state index is 11.0. The van der Waals surface area contributed by atoms with Crippen molar-refractivity contribution >= 4 is 11.8 Å². The summed E-state index contributed by atoms with van der Waals surface area (Å²) in [6, 6.07) is 0. The molecule has 0 bridgehead atoms. The van der Waals surface area contributed by atoms with E-state index in [1.165, 1.54) is 12.0 Å². The monoisotopic (exact) mass is 158 g/mol. The highest BCUT2D eigenvalue weighted by Gasteiger charge is 2.21. The van der Waals surface area contributed by atoms with Gasteiger partial charge in [-0.2, -0.15) is 0 Å². The molecule has 0 atom stereocenters. The molecule has 1 aliphatic heterocycles. The van der Waals surface area contributed by atoms with E-state index < -0.39 is 0 Å². The second-order valence-electron chi connectivity index (χ2n) is 2.29. The summed E-state index contributed by atoms with van der Waals surface area (Å²) < 4.78 is 4.73. The van der Waals surface area contributed by atoms with Gasteiger partial charge in [-0.3, -0.25) is 9.59 Å². The first kappa shape index (κ1) is 8.00. The van der Waals surface area contributed by atoms with E-state index in [0.29, 0.717) is 0 Å². The molecule has 5 heteroatoms. The normalized spacial score (nSPS) is 18.5. The van der Waals surface area contributed by atoms with Crippen molar-refractivity contribution in [2.24, 2.45) is 0 Å². The van der Waals surface area contributed by atoms with Gasteiger partial charge in [0.05, 0.1) is 6.54 Å². The molecule has 11 heavy (non-hydrogen) atoms. The molecule has 2 amide bonds. The zero-order valence-electron chi connectivity index (χ0n) is 6.29. The predicted molar refractivity (Wildman–Crippen MR) is 36.6 cm³/mol. The van der Waals surface area contributed by atoms with Crippen molar-refractivity contribution in [1.29, 1.82) is 0 Å². The Morgan fingerprint density at radius 3 is 3.00 bits per heavy atom. The molecule has 62 valence electrons. The van der Waals surface area contributed by atoms with Gasteiger partial charge in [0.15, 0.2) is 0 Å². The second kappa shape index (κ2) is 3.34. The third kappa shape index (κ3) is 1.91. The highest BCUT2D eigenvalue weighted by molar-refractivity contribution is 5.92. The molecule has 1 aliphatic rings. The minimum Gasteiger partial charge on any atom is -0.364 e. The van der Waals surface area contributed by atoms with E-state index in [-0.39, 0.29) is 31.6 Å². The van der Waals surface area contributed by atoms with Gasteiger partial charge in [-0.25, -0.2) is 0 Å². The average Bonchev–Trinajstić information content (AvgIpc) is 1.98. The lowest BCUT2D eigenvalue weighted by Crippen LogP contribution is -2.51. The van der Waals surface area contributed by atoms with Crippen molar-refractivity contribution in [3.8, 4) is 0 Å². The van der Waals surface area contributed by atoms with Crippen molar-refractivity contribution in [2.75, 3.05) is 26.9 Å². The summed E-state index contributed by atoms with van der Waals surface area (Å²) >= 11 is 0. The number of amides is 2. The number of carbonyl (C=O) groups excluding carboxylic acids is 2. The fourth-order valence-corrected chi connectivity index (χ4v) is 0.877. The van der Waals surface area contributed by atoms with E-state index >= 15 is 0 Å². The van der Waals surface area contributed by atoms with E-state index in [1.54, 1.807) is 0 Å². The molecule has 0 spiro atoms. The van der Waals surface area contributed by atoms with Gasteiger partial charge >= 0.3 is 0 Å². The highest BCUT2D eigenvalue weighted by atomic mass is 16.5. The van der Waals surface area contributed by atoms with Crippen LogP contribution >= 0.6 is 0 Å². The van der Waals surface area contributed by atoms with Gasteiger partial charge < -0.3 is 15.0 Å². The number of hydrogen-bond donors (Lipinski definition) is 1. The molecule has 0 radical (unpaired) electrons. The number of ether oxygens (including phenoxy) is 1. The third-order valence-corrected chi connectivity index (χ3v) is 1.41. The Balaban J connectivity index is 2.47. The van der Waals surface area contributed by atoms with Crippen LogP contribution in [0.1, 0.15) is 0 Å². The Morgan fingerprint density at radius 1 is 1.64 bits per heavy atom. The second-order valence-corrected chi connectivity index (χ2v) is 2.29. The molecule has 5 nitrogen and oxygen atoms in total. The molecule has 0 aromatic rings. The van der Waals surface area contributed by atoms with Crippen LogP contribution < -0.4 is 5.32 Å². The standard InChI is InChI=1S/C6H10N2O3/c1-11-4-8-3-5(9)7-2-6(8)10/h2-4H2,1H3,(H,7,9). The lowest BCUT2D eigenvalue weighted by Gasteiger charge is -2.25. The van der Waals surface area contributed by atoms with Gasteiger partial charge in [-0.05, 0) is 0 Å². The zero-order valence-corrected chi connectivity index (χ0v) is 6.29. The van der Waals surface area contributed by atoms with Crippen molar-refractivity contribution in [1.82, 2.24) is 10.2 Å². The summed E-state index contributed by atoms with van der Waals surface area (Å²) in [5, 5.41) is 2.43. The smallest absolute Gasteiger partial charge is 0.244 e. The van der Waals surface area contributed by atoms with Crippen LogP contribution in [0, 0.1) is 0 Å². The van der Waals surface area contributed by atoms with Crippen molar-refractivity contribution < 1.29 is 14.3 Å². The van der Waals surface area contributed by atoms with Crippen molar-refractivity contribution in [2.45, 2.75) is 0 Å². The number of rotatable bonds is 2. The molecule has 0 unspecified atom stereocenters. The van der Waals surface area contributed by atoms with E-state index in [1.807, 2.05) is 0 Å². The third-order valence-electron chi connectivity index (χ3n) is 1.41. The minimum atomic E-state index is -0.137. The molecule has 1 rings (SSSR count). The SMILES string of the molecule is COCN1CC(=O)NCC1=O. The molecule has 0 aromatic heterocycles. The van der Waals surface area contributed by atoms with Gasteiger partial charge in [0, 0.05) is 7.11 Å². The van der Waals surface area contributed by atoms with Crippen LogP contribution in [-0.4, -0.2) is 43.6 Å². The number of piperazine rings is 1. The first-order chi connectivity index (χ1) is 5.24. The van der Waals surface area contributed by atoms with Gasteiger partial charge in [-0.1, -0.05) is 0 Å². The zero-order chi connectivity index (χ0) is 8.27. The summed E-state index contributed by atoms with van der Waals surface area (Å²) in [6.07, 6.45) is 0. The fraction of sp³-hybridized carbons (Fsp3) is 0.667. The van der Waals surface area contributed by atoms with E-state index in [2.05, 4.69) is 5.32 Å². The van der Waals surface area contributed by atoms with E-state index in [0.717, 1.165) is 0 Å². The van der Waals surface area contributed by atoms with E-state index in [9.17, 15) is 9.59 Å². The number of nitrogens with zero attached hydrogens (tertiary/aromatic N) is 1. The predicted octanol–water partition coefficient (Wildman–Crippen LogP) is -1.45. The largest absolute Gasteiger partial charge is 0.364 e. The molecular formula is C6H10N2O3. The number of carbonyl (C=O) groups is 2. The lowest BCUT2D eigenvalue weighted by molar-refractivity contribution is -0.144. The summed E-state index contributed by atoms with van der Waals surface area (Å²) in [6.45, 7) is 0.376. The molecule has 0 aromatic carbocycles. The Kier molecular flexibility index (Phi) is 2.43. The number of hydrogen-bond acceptors (Lipinski definition) is 3. The Bertz CT molecular complexity index is 181. The van der Waals surface area contributed by atoms with Crippen LogP contribution in [-0.2, 0) is 14.3 Å². The Labute approximate surface area is 64.3 Å². The molecule has 1 N–H and O–H groups in total. The van der Waals surface area contributed by atoms with Crippen molar-refractivity contribution in [3.05, 3.63) is 0 Å². The molecule has 1 fully saturated rings. The van der Waals surface area contributed by atoms with Crippen LogP contribution in [0.3, 0.4) is 0 Å². The van der Waals surface area contributed by atoms with Gasteiger partial charge in [0.25, 0.3) is 0 Å². The quantitative estimate of drug-likeness (QED) is 0.534. The van der Waals surface area contributed by atoms with Crippen LogP contribution in [0.2, 0.25) is 0 Å². The Morgan fingerprint density at radius 2 is 2.36 bits per heavy atom. The fourth-order valence-electron chi connectivity index (χ4n) is 0.877. The van der Waals surface area contributed by atoms with Gasteiger partial charge in [-0.15, -0.1) is 0 Å². The van der Waals surface area contributed by atoms with Crippen LogP contribution in [0.15, 0.2) is 0 Å². The molecular weight excluding hydrogens is 148 g/mol. The van der Waals surface area contributed by atoms with Crippen LogP contribution in [0.4, 0.5) is 0 Å². The molecule has 1 heterocycles. The Hall–Kier alpha value is -1.10. The topological polar surface area (TPSA) is 58.6 Å². The molecule has 0 saturated carbocycles. The first-order valence-corrected chi connectivity index (χ1v) is 3.27. The van der Waals surface area contributed by atoms with Crippen LogP contribution in [0.5, 0.6) is 0 Å². The van der Waals surface area contributed by atoms with Gasteiger partial charge in [0.2, 0.25) is 11.8 Å². The number of methoxy groups -OCH3 is 1. The first-order valence-electron chi connectivity index (χ1n) is 3.27. The maximum absolute atomic E-state index is 11.0. The van der Waals surface area contributed by atoms with Crippen molar-refractivity contribution in [3.63, 3.8) is 0 Å². The molecule has 1 saturated heterocycles. The van der Waals surface area contributed by atoms with Gasteiger partial charge in [0.1, 0.15) is 13.3 Å². The minimum absolute atomic E-state index is 0.0855. The summed E-state index contributed by atoms with van der Waals surface area (Å²) in [5.41, 5.74) is 0. The lowest BCUT2D eigenvalue weighted by atomic mass is 10.4. The van der Waals surface area contributed by atoms with E-state index in [4.69, 9.17) is 4.74 Å². The highest BCUT2D eigenvalue weighted by Crippen LogP contribution is 1.94.